The largest absolute Gasteiger partial charge is 0.493 e. The van der Waals surface area contributed by atoms with E-state index in [1.165, 1.54) is 0 Å². The van der Waals surface area contributed by atoms with Crippen LogP contribution in [0.25, 0.3) is 0 Å². The van der Waals surface area contributed by atoms with Crippen molar-refractivity contribution >= 4 is 0 Å². The standard InChI is InChI=1S/C10H18N2O4/c1-12-10(9(15-3)6-11-12)8(13)7-16-5-4-14-2/h6,8,13H,4-5,7H2,1-3H3. The van der Waals surface area contributed by atoms with E-state index in [0.29, 0.717) is 24.7 Å². The molecule has 0 radical (unpaired) electrons. The molecule has 0 bridgehead atoms. The lowest BCUT2D eigenvalue weighted by Crippen LogP contribution is -2.14. The Kier molecular flexibility index (Phi) is 5.24. The predicted octanol–water partition coefficient (Wildman–Crippen LogP) is 0.125. The molecular formula is C10H18N2O4. The highest BCUT2D eigenvalue weighted by molar-refractivity contribution is 5.26. The predicted molar refractivity (Wildman–Crippen MR) is 57.4 cm³/mol. The minimum atomic E-state index is -0.751. The molecule has 0 fully saturated rings. The van der Waals surface area contributed by atoms with Gasteiger partial charge in [-0.1, -0.05) is 0 Å². The molecule has 0 aliphatic rings. The van der Waals surface area contributed by atoms with Gasteiger partial charge in [-0.2, -0.15) is 5.10 Å². The lowest BCUT2D eigenvalue weighted by molar-refractivity contribution is 0.00889. The van der Waals surface area contributed by atoms with E-state index in [9.17, 15) is 5.11 Å². The summed E-state index contributed by atoms with van der Waals surface area (Å²) >= 11 is 0. The Morgan fingerprint density at radius 3 is 2.81 bits per heavy atom. The van der Waals surface area contributed by atoms with Gasteiger partial charge >= 0.3 is 0 Å². The third-order valence-electron chi connectivity index (χ3n) is 2.19. The molecule has 1 rings (SSSR count). The number of hydrogen-bond donors (Lipinski definition) is 1. The number of ether oxygens (including phenoxy) is 3. The molecule has 0 aliphatic carbocycles. The second-order valence-electron chi connectivity index (χ2n) is 3.31. The van der Waals surface area contributed by atoms with Gasteiger partial charge in [0, 0.05) is 14.2 Å². The minimum Gasteiger partial charge on any atom is -0.493 e. The summed E-state index contributed by atoms with van der Waals surface area (Å²) in [5.41, 5.74) is 0.611. The summed E-state index contributed by atoms with van der Waals surface area (Å²) in [4.78, 5) is 0. The van der Waals surface area contributed by atoms with Crippen molar-refractivity contribution in [1.82, 2.24) is 9.78 Å². The van der Waals surface area contributed by atoms with Crippen LogP contribution < -0.4 is 4.74 Å². The monoisotopic (exact) mass is 230 g/mol. The van der Waals surface area contributed by atoms with E-state index in [2.05, 4.69) is 5.10 Å². The average Bonchev–Trinajstić information content (AvgIpc) is 2.65. The average molecular weight is 230 g/mol. The Labute approximate surface area is 94.7 Å². The molecule has 1 aromatic rings. The van der Waals surface area contributed by atoms with Gasteiger partial charge in [0.25, 0.3) is 0 Å². The number of nitrogens with zero attached hydrogens (tertiary/aromatic N) is 2. The van der Waals surface area contributed by atoms with Gasteiger partial charge in [0.05, 0.1) is 33.1 Å². The zero-order chi connectivity index (χ0) is 12.0. The van der Waals surface area contributed by atoms with E-state index in [-0.39, 0.29) is 6.61 Å². The van der Waals surface area contributed by atoms with Crippen LogP contribution in [0.1, 0.15) is 11.8 Å². The van der Waals surface area contributed by atoms with Gasteiger partial charge in [-0.05, 0) is 0 Å². The molecule has 1 heterocycles. The number of aliphatic hydroxyl groups excluding tert-OH is 1. The van der Waals surface area contributed by atoms with E-state index in [1.807, 2.05) is 0 Å². The smallest absolute Gasteiger partial charge is 0.162 e. The molecular weight excluding hydrogens is 212 g/mol. The topological polar surface area (TPSA) is 65.7 Å². The molecule has 92 valence electrons. The van der Waals surface area contributed by atoms with E-state index in [4.69, 9.17) is 14.2 Å². The van der Waals surface area contributed by atoms with Crippen molar-refractivity contribution in [3.63, 3.8) is 0 Å². The van der Waals surface area contributed by atoms with E-state index >= 15 is 0 Å². The lowest BCUT2D eigenvalue weighted by Gasteiger charge is -2.13. The summed E-state index contributed by atoms with van der Waals surface area (Å²) in [7, 11) is 4.89. The Morgan fingerprint density at radius 1 is 1.44 bits per heavy atom. The quantitative estimate of drug-likeness (QED) is 0.674. The summed E-state index contributed by atoms with van der Waals surface area (Å²) in [5.74, 6) is 0.561. The van der Waals surface area contributed by atoms with Gasteiger partial charge in [0.1, 0.15) is 11.8 Å². The SMILES string of the molecule is COCCOCC(O)c1c(OC)cnn1C. The summed E-state index contributed by atoms with van der Waals surface area (Å²) in [5, 5.41) is 13.9. The van der Waals surface area contributed by atoms with Crippen molar-refractivity contribution < 1.29 is 19.3 Å². The highest BCUT2D eigenvalue weighted by Gasteiger charge is 2.18. The van der Waals surface area contributed by atoms with Crippen molar-refractivity contribution in [1.29, 1.82) is 0 Å². The second kappa shape index (κ2) is 6.47. The maximum atomic E-state index is 9.89. The molecule has 1 atom stereocenters. The number of methoxy groups -OCH3 is 2. The Hall–Kier alpha value is -1.11. The molecule has 1 N–H and O–H groups in total. The van der Waals surface area contributed by atoms with E-state index in [0.717, 1.165) is 0 Å². The molecule has 0 spiro atoms. The highest BCUT2D eigenvalue weighted by Crippen LogP contribution is 2.23. The zero-order valence-electron chi connectivity index (χ0n) is 9.84. The van der Waals surface area contributed by atoms with Crippen LogP contribution in [-0.4, -0.2) is 48.9 Å². The first kappa shape index (κ1) is 13.0. The van der Waals surface area contributed by atoms with Crippen molar-refractivity contribution in [2.45, 2.75) is 6.10 Å². The van der Waals surface area contributed by atoms with Crippen LogP contribution in [0.15, 0.2) is 6.20 Å². The van der Waals surface area contributed by atoms with Gasteiger partial charge in [0.2, 0.25) is 0 Å². The molecule has 0 amide bonds. The lowest BCUT2D eigenvalue weighted by atomic mass is 10.2. The second-order valence-corrected chi connectivity index (χ2v) is 3.31. The fourth-order valence-electron chi connectivity index (χ4n) is 1.38. The number of aryl methyl sites for hydroxylation is 1. The van der Waals surface area contributed by atoms with Crippen LogP contribution in [0.2, 0.25) is 0 Å². The van der Waals surface area contributed by atoms with E-state index < -0.39 is 6.10 Å². The van der Waals surface area contributed by atoms with Gasteiger partial charge in [-0.15, -0.1) is 0 Å². The fraction of sp³-hybridized carbons (Fsp3) is 0.700. The Morgan fingerprint density at radius 2 is 2.19 bits per heavy atom. The van der Waals surface area contributed by atoms with Crippen molar-refractivity contribution in [2.24, 2.45) is 7.05 Å². The summed E-state index contributed by atoms with van der Waals surface area (Å²) in [6.45, 7) is 1.15. The first-order chi connectivity index (χ1) is 7.70. The molecule has 1 unspecified atom stereocenters. The van der Waals surface area contributed by atoms with Gasteiger partial charge in [-0.25, -0.2) is 0 Å². The van der Waals surface area contributed by atoms with Gasteiger partial charge in [-0.3, -0.25) is 4.68 Å². The Balaban J connectivity index is 2.51. The summed E-state index contributed by atoms with van der Waals surface area (Å²) < 4.78 is 16.7. The minimum absolute atomic E-state index is 0.194. The Bertz CT molecular complexity index is 314. The third-order valence-corrected chi connectivity index (χ3v) is 2.19. The first-order valence-electron chi connectivity index (χ1n) is 5.01. The maximum Gasteiger partial charge on any atom is 0.162 e. The van der Waals surface area contributed by atoms with Crippen molar-refractivity contribution in [3.05, 3.63) is 11.9 Å². The number of rotatable bonds is 7. The zero-order valence-corrected chi connectivity index (χ0v) is 9.84. The number of hydrogen-bond acceptors (Lipinski definition) is 5. The van der Waals surface area contributed by atoms with Gasteiger partial charge < -0.3 is 19.3 Å². The maximum absolute atomic E-state index is 9.89. The van der Waals surface area contributed by atoms with Gasteiger partial charge in [0.15, 0.2) is 5.75 Å². The molecule has 16 heavy (non-hydrogen) atoms. The molecule has 6 nitrogen and oxygen atoms in total. The molecule has 6 heteroatoms. The van der Waals surface area contributed by atoms with Crippen LogP contribution in [0.4, 0.5) is 0 Å². The van der Waals surface area contributed by atoms with Crippen LogP contribution >= 0.6 is 0 Å². The van der Waals surface area contributed by atoms with Crippen LogP contribution in [0.5, 0.6) is 5.75 Å². The first-order valence-corrected chi connectivity index (χ1v) is 5.01. The molecule has 0 saturated carbocycles. The number of aromatic nitrogens is 2. The van der Waals surface area contributed by atoms with Crippen LogP contribution in [0, 0.1) is 0 Å². The third kappa shape index (κ3) is 3.19. The molecule has 1 aromatic heterocycles. The van der Waals surface area contributed by atoms with Crippen LogP contribution in [-0.2, 0) is 16.5 Å². The summed E-state index contributed by atoms with van der Waals surface area (Å²) in [6.07, 6.45) is 0.813. The molecule has 0 aromatic carbocycles. The van der Waals surface area contributed by atoms with Crippen molar-refractivity contribution in [3.8, 4) is 5.75 Å². The molecule has 0 saturated heterocycles. The van der Waals surface area contributed by atoms with Crippen molar-refractivity contribution in [2.75, 3.05) is 34.0 Å². The number of aliphatic hydroxyl groups is 1. The fourth-order valence-corrected chi connectivity index (χ4v) is 1.38. The normalized spacial score (nSPS) is 12.8. The highest BCUT2D eigenvalue weighted by atomic mass is 16.5. The molecule has 0 aliphatic heterocycles. The summed E-state index contributed by atoms with van der Waals surface area (Å²) in [6, 6.07) is 0. The van der Waals surface area contributed by atoms with Crippen LogP contribution in [0.3, 0.4) is 0 Å². The van der Waals surface area contributed by atoms with E-state index in [1.54, 1.807) is 32.1 Å².